The molecule has 2 aliphatic heterocycles. The van der Waals surface area contributed by atoms with Crippen LogP contribution in [0.1, 0.15) is 71.9 Å². The number of oxazole rings is 1. The molecule has 3 aliphatic rings. The fourth-order valence-electron chi connectivity index (χ4n) is 6.44. The monoisotopic (exact) mass is 593 g/mol. The summed E-state index contributed by atoms with van der Waals surface area (Å²) in [5.41, 5.74) is 4.70. The number of carboxylic acid groups (broad SMARTS) is 1. The van der Waals surface area contributed by atoms with Gasteiger partial charge in [-0.15, -0.1) is 0 Å². The maximum Gasteiger partial charge on any atom is 0.374 e. The highest BCUT2D eigenvalue weighted by atomic mass is 35.5. The molecule has 2 bridgehead atoms. The summed E-state index contributed by atoms with van der Waals surface area (Å²) in [5.74, 6) is 0.118. The lowest BCUT2D eigenvalue weighted by Gasteiger charge is -2.39. The van der Waals surface area contributed by atoms with Crippen molar-refractivity contribution in [2.75, 3.05) is 0 Å². The highest BCUT2D eigenvalue weighted by Gasteiger charge is 2.43. The first-order valence-corrected chi connectivity index (χ1v) is 14.8. The van der Waals surface area contributed by atoms with Gasteiger partial charge in [-0.25, -0.2) is 9.78 Å². The molecule has 0 spiro atoms. The van der Waals surface area contributed by atoms with Crippen LogP contribution < -0.4 is 0 Å². The van der Waals surface area contributed by atoms with Crippen molar-refractivity contribution in [2.24, 2.45) is 0 Å². The fourth-order valence-corrected chi connectivity index (χ4v) is 7.02. The first kappa shape index (κ1) is 26.7. The first-order valence-electron chi connectivity index (χ1n) is 14.0. The Morgan fingerprint density at radius 1 is 1.00 bits per heavy atom. The second-order valence-corrected chi connectivity index (χ2v) is 12.1. The molecule has 10 heteroatoms. The molecule has 212 valence electrons. The van der Waals surface area contributed by atoms with Crippen LogP contribution in [0.2, 0.25) is 10.0 Å². The van der Waals surface area contributed by atoms with E-state index in [9.17, 15) is 9.90 Å². The smallest absolute Gasteiger partial charge is 0.374 e. The largest absolute Gasteiger partial charge is 0.475 e. The molecule has 8 nitrogen and oxygen atoms in total. The number of aromatic carboxylic acids is 1. The second-order valence-electron chi connectivity index (χ2n) is 11.2. The SMILES string of the molecule is O=C(O)c1ocnc1-c1ccc(COC2CC3CCC(C2)N3Cc2c(-c3c(Cl)cccc3Cl)noc2C2CC2)cc1. The van der Waals surface area contributed by atoms with Gasteiger partial charge < -0.3 is 18.8 Å². The Bertz CT molecular complexity index is 1540. The number of fused-ring (bicyclic) bond motifs is 2. The first-order chi connectivity index (χ1) is 20.0. The van der Waals surface area contributed by atoms with E-state index < -0.39 is 5.97 Å². The van der Waals surface area contributed by atoms with Crippen molar-refractivity contribution in [1.29, 1.82) is 0 Å². The van der Waals surface area contributed by atoms with Gasteiger partial charge in [0.25, 0.3) is 0 Å². The van der Waals surface area contributed by atoms with Crippen LogP contribution in [-0.2, 0) is 17.9 Å². The van der Waals surface area contributed by atoms with E-state index in [0.29, 0.717) is 45.9 Å². The van der Waals surface area contributed by atoms with E-state index in [1.54, 1.807) is 0 Å². The fraction of sp³-hybridized carbons (Fsp3) is 0.387. The Morgan fingerprint density at radius 3 is 2.37 bits per heavy atom. The molecule has 3 fully saturated rings. The Kier molecular flexibility index (Phi) is 7.11. The molecule has 1 aliphatic carbocycles. The van der Waals surface area contributed by atoms with Crippen molar-refractivity contribution in [3.63, 3.8) is 0 Å². The van der Waals surface area contributed by atoms with Crippen LogP contribution in [0.15, 0.2) is 57.8 Å². The van der Waals surface area contributed by atoms with E-state index in [4.69, 9.17) is 36.9 Å². The van der Waals surface area contributed by atoms with E-state index in [-0.39, 0.29) is 11.9 Å². The Labute approximate surface area is 247 Å². The van der Waals surface area contributed by atoms with Gasteiger partial charge in [-0.1, -0.05) is 58.7 Å². The molecule has 1 saturated carbocycles. The van der Waals surface area contributed by atoms with Gasteiger partial charge in [0, 0.05) is 41.2 Å². The normalized spacial score (nSPS) is 22.3. The highest BCUT2D eigenvalue weighted by Crippen LogP contribution is 2.48. The zero-order valence-corrected chi connectivity index (χ0v) is 23.8. The molecule has 0 amide bonds. The minimum Gasteiger partial charge on any atom is -0.475 e. The lowest BCUT2D eigenvalue weighted by molar-refractivity contribution is -0.0306. The van der Waals surface area contributed by atoms with Gasteiger partial charge in [0.05, 0.1) is 22.8 Å². The number of ether oxygens (including phenoxy) is 1. The number of rotatable bonds is 9. The van der Waals surface area contributed by atoms with Gasteiger partial charge in [-0.05, 0) is 56.2 Å². The molecule has 41 heavy (non-hydrogen) atoms. The van der Waals surface area contributed by atoms with Crippen molar-refractivity contribution in [2.45, 2.75) is 75.8 Å². The van der Waals surface area contributed by atoms with Gasteiger partial charge in [-0.3, -0.25) is 4.90 Å². The standard InChI is InChI=1S/C31H29Cl2N3O5/c32-24-2-1-3-25(33)26(24)28-23(29(41-35-28)19-8-9-19)14-36-20-10-11-21(36)13-22(12-20)39-15-17-4-6-18(7-5-17)27-30(31(37)38)40-16-34-27/h1-7,16,19-22H,8-15H2,(H,37,38). The molecular weight excluding hydrogens is 565 g/mol. The van der Waals surface area contributed by atoms with E-state index in [0.717, 1.165) is 79.6 Å². The van der Waals surface area contributed by atoms with Crippen LogP contribution in [-0.4, -0.2) is 44.3 Å². The number of hydrogen-bond acceptors (Lipinski definition) is 7. The summed E-state index contributed by atoms with van der Waals surface area (Å²) in [7, 11) is 0. The van der Waals surface area contributed by atoms with Crippen molar-refractivity contribution < 1.29 is 23.6 Å². The number of halogens is 2. The molecule has 2 aromatic carbocycles. The quantitative estimate of drug-likeness (QED) is 0.212. The van der Waals surface area contributed by atoms with E-state index in [1.807, 2.05) is 42.5 Å². The Morgan fingerprint density at radius 2 is 1.71 bits per heavy atom. The number of piperidine rings is 1. The van der Waals surface area contributed by atoms with Crippen LogP contribution in [0.25, 0.3) is 22.5 Å². The molecule has 0 radical (unpaired) electrons. The number of carbonyl (C=O) groups is 1. The molecular formula is C31H29Cl2N3O5. The summed E-state index contributed by atoms with van der Waals surface area (Å²) in [5, 5.41) is 14.9. The van der Waals surface area contributed by atoms with Crippen LogP contribution >= 0.6 is 23.2 Å². The van der Waals surface area contributed by atoms with Crippen molar-refractivity contribution in [1.82, 2.24) is 15.0 Å². The van der Waals surface area contributed by atoms with E-state index >= 15 is 0 Å². The molecule has 7 rings (SSSR count). The Balaban J connectivity index is 1.03. The zero-order chi connectivity index (χ0) is 28.1. The topological polar surface area (TPSA) is 102 Å². The maximum absolute atomic E-state index is 11.4. The molecule has 2 saturated heterocycles. The van der Waals surface area contributed by atoms with Crippen LogP contribution in [0.4, 0.5) is 0 Å². The molecule has 2 atom stereocenters. The summed E-state index contributed by atoms with van der Waals surface area (Å²) in [6.07, 6.45) is 7.83. The summed E-state index contributed by atoms with van der Waals surface area (Å²) >= 11 is 13.2. The van der Waals surface area contributed by atoms with Gasteiger partial charge in [0.1, 0.15) is 17.1 Å². The van der Waals surface area contributed by atoms with E-state index in [1.165, 1.54) is 0 Å². The van der Waals surface area contributed by atoms with Crippen molar-refractivity contribution in [3.8, 4) is 22.5 Å². The van der Waals surface area contributed by atoms with Gasteiger partial charge in [0.2, 0.25) is 5.76 Å². The average molecular weight is 594 g/mol. The van der Waals surface area contributed by atoms with Crippen molar-refractivity contribution in [3.05, 3.63) is 81.6 Å². The van der Waals surface area contributed by atoms with E-state index in [2.05, 4.69) is 15.0 Å². The zero-order valence-electron chi connectivity index (χ0n) is 22.3. The predicted octanol–water partition coefficient (Wildman–Crippen LogP) is 7.59. The minimum absolute atomic E-state index is 0.159. The summed E-state index contributed by atoms with van der Waals surface area (Å²) in [6.45, 7) is 1.28. The lowest BCUT2D eigenvalue weighted by atomic mass is 9.97. The predicted molar refractivity (Wildman–Crippen MR) is 153 cm³/mol. The third-order valence-electron chi connectivity index (χ3n) is 8.62. The molecule has 4 aromatic rings. The second kappa shape index (κ2) is 10.9. The Hall–Kier alpha value is -3.17. The maximum atomic E-state index is 11.4. The summed E-state index contributed by atoms with van der Waals surface area (Å²) < 4.78 is 17.3. The molecule has 2 unspecified atom stereocenters. The third kappa shape index (κ3) is 5.18. The van der Waals surface area contributed by atoms with Crippen LogP contribution in [0, 0.1) is 0 Å². The number of benzene rings is 2. The number of aromatic nitrogens is 2. The molecule has 2 aromatic heterocycles. The molecule has 1 N–H and O–H groups in total. The number of carboxylic acids is 1. The minimum atomic E-state index is -1.14. The summed E-state index contributed by atoms with van der Waals surface area (Å²) in [6, 6.07) is 14.0. The third-order valence-corrected chi connectivity index (χ3v) is 9.25. The van der Waals surface area contributed by atoms with Gasteiger partial charge >= 0.3 is 5.97 Å². The lowest BCUT2D eigenvalue weighted by Crippen LogP contribution is -2.45. The van der Waals surface area contributed by atoms with Crippen LogP contribution in [0.5, 0.6) is 0 Å². The van der Waals surface area contributed by atoms with Crippen LogP contribution in [0.3, 0.4) is 0 Å². The number of nitrogens with zero attached hydrogens (tertiary/aromatic N) is 3. The highest BCUT2D eigenvalue weighted by molar-refractivity contribution is 6.39. The van der Waals surface area contributed by atoms with Gasteiger partial charge in [-0.2, -0.15) is 0 Å². The molecule has 4 heterocycles. The summed E-state index contributed by atoms with van der Waals surface area (Å²) in [4.78, 5) is 18.0. The number of hydrogen-bond donors (Lipinski definition) is 1. The van der Waals surface area contributed by atoms with Gasteiger partial charge in [0.15, 0.2) is 6.39 Å². The average Bonchev–Trinajstić information content (AvgIpc) is 3.45. The van der Waals surface area contributed by atoms with Crippen molar-refractivity contribution >= 4 is 29.2 Å².